The molecule has 3 heteroatoms. The van der Waals surface area contributed by atoms with Crippen molar-refractivity contribution in [2.45, 2.75) is 18.8 Å². The number of fused-ring (bicyclic) bond motifs is 1. The largest absolute Gasteiger partial charge is 0.341 e. The first-order valence-corrected chi connectivity index (χ1v) is 5.15. The molecule has 0 atom stereocenters. The molecule has 2 rings (SSSR count). The highest BCUT2D eigenvalue weighted by Gasteiger charge is 2.19. The molecule has 0 saturated carbocycles. The fourth-order valence-corrected chi connectivity index (χ4v) is 1.89. The van der Waals surface area contributed by atoms with E-state index < -0.39 is 0 Å². The van der Waals surface area contributed by atoms with E-state index in [4.69, 9.17) is 11.6 Å². The number of carbonyl (C=O) groups is 1. The molecule has 1 aromatic carbocycles. The zero-order valence-corrected chi connectivity index (χ0v) is 8.84. The normalized spacial score (nSPS) is 15.6. The Balaban J connectivity index is 2.37. The maximum atomic E-state index is 11.4. The lowest BCUT2D eigenvalue weighted by Crippen LogP contribution is -2.32. The monoisotopic (exact) mass is 209 g/mol. The molecule has 0 radical (unpaired) electrons. The summed E-state index contributed by atoms with van der Waals surface area (Å²) < 4.78 is 0. The van der Waals surface area contributed by atoms with Crippen molar-refractivity contribution in [3.63, 3.8) is 0 Å². The summed E-state index contributed by atoms with van der Waals surface area (Å²) in [5.41, 5.74) is 3.45. The van der Waals surface area contributed by atoms with Gasteiger partial charge in [0.05, 0.1) is 6.42 Å². The van der Waals surface area contributed by atoms with Gasteiger partial charge in [0.15, 0.2) is 0 Å². The maximum Gasteiger partial charge on any atom is 0.227 e. The number of likely N-dealkylation sites (N-methyl/N-ethyl adjacent to an activating group) is 1. The molecule has 0 fully saturated rings. The fraction of sp³-hybridized carbons (Fsp3) is 0.364. The molecule has 0 unspecified atom stereocenters. The molecule has 1 aliphatic heterocycles. The molecule has 0 bridgehead atoms. The van der Waals surface area contributed by atoms with Gasteiger partial charge in [0.2, 0.25) is 5.91 Å². The smallest absolute Gasteiger partial charge is 0.227 e. The first kappa shape index (κ1) is 9.53. The third kappa shape index (κ3) is 1.62. The highest BCUT2D eigenvalue weighted by Crippen LogP contribution is 2.20. The van der Waals surface area contributed by atoms with Crippen molar-refractivity contribution in [2.75, 3.05) is 7.05 Å². The third-order valence-corrected chi connectivity index (χ3v) is 2.91. The molecule has 0 spiro atoms. The van der Waals surface area contributed by atoms with Gasteiger partial charge in [-0.2, -0.15) is 0 Å². The average molecular weight is 210 g/mol. The van der Waals surface area contributed by atoms with Crippen LogP contribution in [-0.2, 0) is 23.6 Å². The number of hydrogen-bond donors (Lipinski definition) is 0. The number of halogens is 1. The van der Waals surface area contributed by atoms with Crippen LogP contribution in [0.25, 0.3) is 0 Å². The summed E-state index contributed by atoms with van der Waals surface area (Å²) in [5.74, 6) is 0.696. The average Bonchev–Trinajstić information content (AvgIpc) is 2.19. The van der Waals surface area contributed by atoms with Gasteiger partial charge >= 0.3 is 0 Å². The number of nitrogens with zero attached hydrogens (tertiary/aromatic N) is 1. The number of hydrogen-bond acceptors (Lipinski definition) is 1. The van der Waals surface area contributed by atoms with E-state index in [-0.39, 0.29) is 5.91 Å². The summed E-state index contributed by atoms with van der Waals surface area (Å²) in [6.45, 7) is 0.719. The van der Waals surface area contributed by atoms with E-state index in [9.17, 15) is 4.79 Å². The lowest BCUT2D eigenvalue weighted by Gasteiger charge is -2.25. The van der Waals surface area contributed by atoms with Crippen LogP contribution in [0.4, 0.5) is 0 Å². The van der Waals surface area contributed by atoms with Crippen LogP contribution < -0.4 is 0 Å². The Morgan fingerprint density at radius 3 is 2.93 bits per heavy atom. The zero-order valence-electron chi connectivity index (χ0n) is 8.09. The first-order valence-electron chi connectivity index (χ1n) is 4.61. The summed E-state index contributed by atoms with van der Waals surface area (Å²) in [5, 5.41) is 0. The van der Waals surface area contributed by atoms with Gasteiger partial charge in [-0.3, -0.25) is 4.79 Å². The summed E-state index contributed by atoms with van der Waals surface area (Å²) >= 11 is 5.74. The second-order valence-corrected chi connectivity index (χ2v) is 3.93. The molecule has 14 heavy (non-hydrogen) atoms. The Labute approximate surface area is 88.5 Å². The minimum atomic E-state index is 0.184. The minimum absolute atomic E-state index is 0.184. The SMILES string of the molecule is CN1Cc2ccc(CCl)cc2CC1=O. The Morgan fingerprint density at radius 2 is 2.21 bits per heavy atom. The second kappa shape index (κ2) is 3.62. The van der Waals surface area contributed by atoms with Crippen molar-refractivity contribution in [3.8, 4) is 0 Å². The van der Waals surface area contributed by atoms with E-state index in [1.54, 1.807) is 4.90 Å². The predicted octanol–water partition coefficient (Wildman–Crippen LogP) is 1.94. The van der Waals surface area contributed by atoms with Crippen molar-refractivity contribution in [1.82, 2.24) is 4.90 Å². The molecule has 1 amide bonds. The van der Waals surface area contributed by atoms with Crippen LogP contribution in [0.5, 0.6) is 0 Å². The van der Waals surface area contributed by atoms with Crippen LogP contribution in [0.3, 0.4) is 0 Å². The maximum absolute atomic E-state index is 11.4. The van der Waals surface area contributed by atoms with Gasteiger partial charge in [0.25, 0.3) is 0 Å². The summed E-state index contributed by atoms with van der Waals surface area (Å²) in [4.78, 5) is 13.2. The van der Waals surface area contributed by atoms with Crippen LogP contribution >= 0.6 is 11.6 Å². The van der Waals surface area contributed by atoms with E-state index in [1.165, 1.54) is 5.56 Å². The summed E-state index contributed by atoms with van der Waals surface area (Å²) in [6, 6.07) is 6.12. The quantitative estimate of drug-likeness (QED) is 0.648. The van der Waals surface area contributed by atoms with Crippen molar-refractivity contribution < 1.29 is 4.79 Å². The lowest BCUT2D eigenvalue weighted by atomic mass is 9.97. The molecule has 0 aliphatic carbocycles. The lowest BCUT2D eigenvalue weighted by molar-refractivity contribution is -0.130. The van der Waals surface area contributed by atoms with Crippen LogP contribution in [-0.4, -0.2) is 17.9 Å². The predicted molar refractivity (Wildman–Crippen MR) is 56.2 cm³/mol. The molecular weight excluding hydrogens is 198 g/mol. The second-order valence-electron chi connectivity index (χ2n) is 3.66. The molecule has 2 nitrogen and oxygen atoms in total. The number of alkyl halides is 1. The van der Waals surface area contributed by atoms with E-state index in [2.05, 4.69) is 6.07 Å². The number of rotatable bonds is 1. The molecule has 0 aromatic heterocycles. The van der Waals surface area contributed by atoms with Crippen molar-refractivity contribution in [2.24, 2.45) is 0 Å². The highest BCUT2D eigenvalue weighted by molar-refractivity contribution is 6.17. The summed E-state index contributed by atoms with van der Waals surface area (Å²) in [6.07, 6.45) is 0.510. The van der Waals surface area contributed by atoms with Crippen LogP contribution in [0.1, 0.15) is 16.7 Å². The van der Waals surface area contributed by atoms with Crippen LogP contribution in [0, 0.1) is 0 Å². The zero-order chi connectivity index (χ0) is 10.1. The molecular formula is C11H12ClNO. The van der Waals surface area contributed by atoms with Gasteiger partial charge in [-0.1, -0.05) is 18.2 Å². The van der Waals surface area contributed by atoms with Gasteiger partial charge in [-0.05, 0) is 16.7 Å². The van der Waals surface area contributed by atoms with Gasteiger partial charge in [-0.25, -0.2) is 0 Å². The van der Waals surface area contributed by atoms with Crippen molar-refractivity contribution in [1.29, 1.82) is 0 Å². The molecule has 1 aliphatic rings. The number of carbonyl (C=O) groups excluding carboxylic acids is 1. The van der Waals surface area contributed by atoms with Crippen LogP contribution in [0.15, 0.2) is 18.2 Å². The standard InChI is InChI=1S/C11H12ClNO/c1-13-7-9-3-2-8(6-12)4-10(9)5-11(13)14/h2-4H,5-7H2,1H3. The van der Waals surface area contributed by atoms with Crippen LogP contribution in [0.2, 0.25) is 0 Å². The highest BCUT2D eigenvalue weighted by atomic mass is 35.5. The fourth-order valence-electron chi connectivity index (χ4n) is 1.72. The Hall–Kier alpha value is -1.02. The first-order chi connectivity index (χ1) is 6.70. The van der Waals surface area contributed by atoms with E-state index in [0.717, 1.165) is 17.7 Å². The van der Waals surface area contributed by atoms with Gasteiger partial charge < -0.3 is 4.90 Å². The van der Waals surface area contributed by atoms with Gasteiger partial charge in [0.1, 0.15) is 0 Å². The van der Waals surface area contributed by atoms with Crippen molar-refractivity contribution >= 4 is 17.5 Å². The summed E-state index contributed by atoms with van der Waals surface area (Å²) in [7, 11) is 1.83. The molecule has 74 valence electrons. The van der Waals surface area contributed by atoms with Crippen molar-refractivity contribution in [3.05, 3.63) is 34.9 Å². The van der Waals surface area contributed by atoms with E-state index in [0.29, 0.717) is 12.3 Å². The molecule has 0 N–H and O–H groups in total. The number of benzene rings is 1. The minimum Gasteiger partial charge on any atom is -0.341 e. The Morgan fingerprint density at radius 1 is 1.43 bits per heavy atom. The third-order valence-electron chi connectivity index (χ3n) is 2.60. The van der Waals surface area contributed by atoms with Gasteiger partial charge in [-0.15, -0.1) is 11.6 Å². The Bertz CT molecular complexity index is 376. The molecule has 0 saturated heterocycles. The number of amides is 1. The topological polar surface area (TPSA) is 20.3 Å². The van der Waals surface area contributed by atoms with E-state index >= 15 is 0 Å². The molecule has 1 heterocycles. The Kier molecular flexibility index (Phi) is 2.46. The molecule has 1 aromatic rings. The van der Waals surface area contributed by atoms with Gasteiger partial charge in [0, 0.05) is 19.5 Å². The van der Waals surface area contributed by atoms with E-state index in [1.807, 2.05) is 19.2 Å².